The Bertz CT molecular complexity index is 1720. The van der Waals surface area contributed by atoms with Crippen LogP contribution >= 0.6 is 0 Å². The first-order valence-electron chi connectivity index (χ1n) is 14.2. The normalized spacial score (nSPS) is 18.7. The Labute approximate surface area is 243 Å². The predicted octanol–water partition coefficient (Wildman–Crippen LogP) is 6.48. The van der Waals surface area contributed by atoms with E-state index in [-0.39, 0.29) is 29.4 Å². The van der Waals surface area contributed by atoms with Gasteiger partial charge in [0.2, 0.25) is 17.6 Å². The van der Waals surface area contributed by atoms with Gasteiger partial charge in [-0.15, -0.1) is 0 Å². The standard InChI is InChI=1S/C35H30N2O5/c1-3-31(32(38)23-9-5-4-6-10-23)42-35(41)28-20-30(36-29-18-13-21(2)19-27(28)29)22-14-16-24(17-15-22)37-33(39)25-11-7-8-12-26(25)34(37)40/h4-10,13-20,25-26,31H,3,11-12H2,1-2H3. The van der Waals surface area contributed by atoms with Crippen molar-refractivity contribution in [3.63, 3.8) is 0 Å². The highest BCUT2D eigenvalue weighted by molar-refractivity contribution is 6.22. The van der Waals surface area contributed by atoms with Crippen molar-refractivity contribution in [3.8, 4) is 11.3 Å². The fourth-order valence-electron chi connectivity index (χ4n) is 5.80. The maximum absolute atomic E-state index is 13.6. The SMILES string of the molecule is CCC(OC(=O)c1cc(-c2ccc(N3C(=O)C4CC=CCC4C3=O)cc2)nc2ccc(C)cc12)C(=O)c1ccccc1. The third-order valence-electron chi connectivity index (χ3n) is 8.08. The van der Waals surface area contributed by atoms with Crippen LogP contribution in [0, 0.1) is 18.8 Å². The third-order valence-corrected chi connectivity index (χ3v) is 8.08. The van der Waals surface area contributed by atoms with Gasteiger partial charge >= 0.3 is 5.97 Å². The van der Waals surface area contributed by atoms with Crippen LogP contribution in [0.15, 0.2) is 91.0 Å². The third kappa shape index (κ3) is 4.91. The quantitative estimate of drug-likeness (QED) is 0.111. The molecule has 210 valence electrons. The number of carbonyl (C=O) groups excluding carboxylic acids is 4. The Kier molecular flexibility index (Phi) is 7.25. The van der Waals surface area contributed by atoms with E-state index in [0.29, 0.717) is 58.2 Å². The summed E-state index contributed by atoms with van der Waals surface area (Å²) in [5.41, 5.74) is 4.12. The Morgan fingerprint density at radius 3 is 2.21 bits per heavy atom. The highest BCUT2D eigenvalue weighted by Gasteiger charge is 2.47. The number of aryl methyl sites for hydroxylation is 1. The number of pyridine rings is 1. The zero-order chi connectivity index (χ0) is 29.4. The summed E-state index contributed by atoms with van der Waals surface area (Å²) in [7, 11) is 0. The van der Waals surface area contributed by atoms with Crippen molar-refractivity contribution in [2.24, 2.45) is 11.8 Å². The van der Waals surface area contributed by atoms with Crippen molar-refractivity contribution < 1.29 is 23.9 Å². The molecule has 2 heterocycles. The first kappa shape index (κ1) is 27.3. The average Bonchev–Trinajstić information content (AvgIpc) is 3.28. The van der Waals surface area contributed by atoms with Crippen LogP contribution in [0.1, 0.15) is 52.5 Å². The molecule has 0 bridgehead atoms. The first-order chi connectivity index (χ1) is 20.4. The number of allylic oxidation sites excluding steroid dienone is 2. The molecule has 1 aromatic heterocycles. The van der Waals surface area contributed by atoms with E-state index in [0.717, 1.165) is 5.56 Å². The second kappa shape index (κ2) is 11.2. The van der Waals surface area contributed by atoms with Crippen molar-refractivity contribution >= 4 is 40.2 Å². The number of hydrogen-bond donors (Lipinski definition) is 0. The van der Waals surface area contributed by atoms with Gasteiger partial charge in [0.1, 0.15) is 0 Å². The second-order valence-electron chi connectivity index (χ2n) is 10.8. The molecule has 4 aromatic rings. The van der Waals surface area contributed by atoms with Gasteiger partial charge in [-0.2, -0.15) is 0 Å². The van der Waals surface area contributed by atoms with Crippen molar-refractivity contribution in [3.05, 3.63) is 108 Å². The minimum Gasteiger partial charge on any atom is -0.450 e. The van der Waals surface area contributed by atoms with Gasteiger partial charge in [-0.05, 0) is 56.5 Å². The van der Waals surface area contributed by atoms with Crippen molar-refractivity contribution in [2.75, 3.05) is 4.90 Å². The number of ketones is 1. The number of anilines is 1. The molecule has 1 fully saturated rings. The van der Waals surface area contributed by atoms with Crippen molar-refractivity contribution in [2.45, 2.75) is 39.2 Å². The summed E-state index contributed by atoms with van der Waals surface area (Å²) in [6, 6.07) is 23.2. The van der Waals surface area contributed by atoms with Crippen LogP contribution in [0.5, 0.6) is 0 Å². The number of rotatable bonds is 7. The summed E-state index contributed by atoms with van der Waals surface area (Å²) in [5.74, 6) is -1.79. The maximum Gasteiger partial charge on any atom is 0.339 e. The largest absolute Gasteiger partial charge is 0.450 e. The first-order valence-corrected chi connectivity index (χ1v) is 14.2. The summed E-state index contributed by atoms with van der Waals surface area (Å²) in [6.45, 7) is 3.74. The van der Waals surface area contributed by atoms with Crippen LogP contribution in [-0.4, -0.2) is 34.7 Å². The van der Waals surface area contributed by atoms with E-state index < -0.39 is 12.1 Å². The molecule has 2 aliphatic rings. The molecular formula is C35H30N2O5. The number of ether oxygens (including phenoxy) is 1. The molecule has 6 rings (SSSR count). The van der Waals surface area contributed by atoms with Gasteiger partial charge in [0.05, 0.1) is 34.3 Å². The number of benzene rings is 3. The fraction of sp³-hybridized carbons (Fsp3) is 0.229. The lowest BCUT2D eigenvalue weighted by Crippen LogP contribution is -2.30. The number of hydrogen-bond acceptors (Lipinski definition) is 6. The smallest absolute Gasteiger partial charge is 0.339 e. The molecular weight excluding hydrogens is 528 g/mol. The van der Waals surface area contributed by atoms with Gasteiger partial charge < -0.3 is 4.74 Å². The highest BCUT2D eigenvalue weighted by atomic mass is 16.5. The predicted molar refractivity (Wildman–Crippen MR) is 160 cm³/mol. The molecule has 0 N–H and O–H groups in total. The number of aromatic nitrogens is 1. The monoisotopic (exact) mass is 558 g/mol. The topological polar surface area (TPSA) is 93.6 Å². The molecule has 0 saturated carbocycles. The lowest BCUT2D eigenvalue weighted by atomic mass is 9.85. The summed E-state index contributed by atoms with van der Waals surface area (Å²) in [4.78, 5) is 58.8. The Morgan fingerprint density at radius 1 is 0.905 bits per heavy atom. The maximum atomic E-state index is 13.6. The molecule has 1 aliphatic carbocycles. The molecule has 0 radical (unpaired) electrons. The van der Waals surface area contributed by atoms with Crippen LogP contribution < -0.4 is 4.90 Å². The highest BCUT2D eigenvalue weighted by Crippen LogP contribution is 2.38. The number of carbonyl (C=O) groups is 4. The number of amides is 2. The molecule has 3 atom stereocenters. The number of fused-ring (bicyclic) bond motifs is 2. The Balaban J connectivity index is 1.32. The second-order valence-corrected chi connectivity index (χ2v) is 10.8. The van der Waals surface area contributed by atoms with Gasteiger partial charge in [0.15, 0.2) is 6.10 Å². The van der Waals surface area contributed by atoms with E-state index in [2.05, 4.69) is 0 Å². The number of nitrogens with zero attached hydrogens (tertiary/aromatic N) is 2. The van der Waals surface area contributed by atoms with Crippen molar-refractivity contribution in [1.29, 1.82) is 0 Å². The van der Waals surface area contributed by atoms with Crippen LogP contribution in [0.2, 0.25) is 0 Å². The Hall–Kier alpha value is -4.91. The van der Waals surface area contributed by atoms with Crippen LogP contribution in [0.3, 0.4) is 0 Å². The lowest BCUT2D eigenvalue weighted by Gasteiger charge is -2.17. The molecule has 0 spiro atoms. The van der Waals surface area contributed by atoms with Gasteiger partial charge in [-0.3, -0.25) is 19.3 Å². The molecule has 1 aliphatic heterocycles. The average molecular weight is 559 g/mol. The van der Waals surface area contributed by atoms with Crippen LogP contribution in [0.25, 0.3) is 22.2 Å². The fourth-order valence-corrected chi connectivity index (χ4v) is 5.80. The molecule has 7 nitrogen and oxygen atoms in total. The number of Topliss-reactive ketones (excluding diaryl/α,β-unsaturated/α-hetero) is 1. The zero-order valence-corrected chi connectivity index (χ0v) is 23.4. The molecule has 3 aromatic carbocycles. The van der Waals surface area contributed by atoms with E-state index in [1.54, 1.807) is 54.6 Å². The van der Waals surface area contributed by atoms with E-state index in [4.69, 9.17) is 9.72 Å². The minimum absolute atomic E-state index is 0.165. The van der Waals surface area contributed by atoms with E-state index in [9.17, 15) is 19.2 Å². The Morgan fingerprint density at radius 2 is 1.57 bits per heavy atom. The summed E-state index contributed by atoms with van der Waals surface area (Å²) in [5, 5.41) is 0.631. The summed E-state index contributed by atoms with van der Waals surface area (Å²) in [6.07, 6.45) is 4.51. The summed E-state index contributed by atoms with van der Waals surface area (Å²) >= 11 is 0. The van der Waals surface area contributed by atoms with Crippen LogP contribution in [0.4, 0.5) is 5.69 Å². The van der Waals surface area contributed by atoms with Gasteiger partial charge in [-0.1, -0.05) is 73.2 Å². The minimum atomic E-state index is -0.926. The van der Waals surface area contributed by atoms with Gasteiger partial charge in [0, 0.05) is 16.5 Å². The van der Waals surface area contributed by atoms with E-state index >= 15 is 0 Å². The molecule has 1 saturated heterocycles. The summed E-state index contributed by atoms with van der Waals surface area (Å²) < 4.78 is 5.79. The van der Waals surface area contributed by atoms with E-state index in [1.165, 1.54) is 4.90 Å². The molecule has 3 unspecified atom stereocenters. The van der Waals surface area contributed by atoms with Gasteiger partial charge in [-0.25, -0.2) is 9.78 Å². The lowest BCUT2D eigenvalue weighted by molar-refractivity contribution is -0.122. The van der Waals surface area contributed by atoms with Crippen molar-refractivity contribution in [1.82, 2.24) is 4.98 Å². The van der Waals surface area contributed by atoms with Crippen LogP contribution in [-0.2, 0) is 14.3 Å². The zero-order valence-electron chi connectivity index (χ0n) is 23.4. The molecule has 42 heavy (non-hydrogen) atoms. The van der Waals surface area contributed by atoms with E-state index in [1.807, 2.05) is 50.3 Å². The number of esters is 1. The van der Waals surface area contributed by atoms with Gasteiger partial charge in [0.25, 0.3) is 0 Å². The molecule has 7 heteroatoms. The number of imide groups is 1. The molecule has 2 amide bonds.